The first kappa shape index (κ1) is 13.8. The second kappa shape index (κ2) is 5.68. The molecule has 0 amide bonds. The molecule has 0 saturated heterocycles. The molecule has 4 nitrogen and oxygen atoms in total. The number of fused-ring (bicyclic) bond motifs is 1. The van der Waals surface area contributed by atoms with Gasteiger partial charge in [0.1, 0.15) is 11.9 Å². The van der Waals surface area contributed by atoms with E-state index in [-0.39, 0.29) is 6.10 Å². The smallest absolute Gasteiger partial charge is 0.132 e. The molecule has 1 heterocycles. The molecule has 0 aliphatic carbocycles. The van der Waals surface area contributed by atoms with Gasteiger partial charge in [-0.15, -0.1) is 0 Å². The molecule has 2 aromatic carbocycles. The SMILES string of the molecule is Cc1ccccc1-c1c(Cl)ccc2c1OC(CN=[N+]=[N-])C2. The lowest BCUT2D eigenvalue weighted by Crippen LogP contribution is -2.16. The van der Waals surface area contributed by atoms with Crippen LogP contribution in [0.1, 0.15) is 11.1 Å². The van der Waals surface area contributed by atoms with Gasteiger partial charge in [0.25, 0.3) is 0 Å². The molecule has 0 aromatic heterocycles. The largest absolute Gasteiger partial charge is 0.489 e. The number of aryl methyl sites for hydroxylation is 1. The fraction of sp³-hybridized carbons (Fsp3) is 0.250. The third kappa shape index (κ3) is 2.56. The van der Waals surface area contributed by atoms with Crippen LogP contribution < -0.4 is 4.74 Å². The number of nitrogens with zero attached hydrogens (tertiary/aromatic N) is 3. The van der Waals surface area contributed by atoms with E-state index < -0.39 is 0 Å². The normalized spacial score (nSPS) is 16.0. The van der Waals surface area contributed by atoms with Crippen molar-refractivity contribution in [3.8, 4) is 16.9 Å². The van der Waals surface area contributed by atoms with Crippen molar-refractivity contribution in [1.29, 1.82) is 0 Å². The Morgan fingerprint density at radius 1 is 1.33 bits per heavy atom. The topological polar surface area (TPSA) is 58.0 Å². The lowest BCUT2D eigenvalue weighted by molar-refractivity contribution is 0.242. The summed E-state index contributed by atoms with van der Waals surface area (Å²) in [5.41, 5.74) is 12.7. The zero-order chi connectivity index (χ0) is 14.8. The fourth-order valence-corrected chi connectivity index (χ4v) is 2.94. The quantitative estimate of drug-likeness (QED) is 0.450. The van der Waals surface area contributed by atoms with E-state index in [0.717, 1.165) is 34.4 Å². The number of halogens is 1. The number of ether oxygens (including phenoxy) is 1. The number of hydrogen-bond acceptors (Lipinski definition) is 2. The highest BCUT2D eigenvalue weighted by atomic mass is 35.5. The minimum absolute atomic E-state index is 0.114. The molecule has 0 bridgehead atoms. The minimum Gasteiger partial charge on any atom is -0.489 e. The fourth-order valence-electron chi connectivity index (χ4n) is 2.68. The molecular weight excluding hydrogens is 286 g/mol. The highest BCUT2D eigenvalue weighted by Gasteiger charge is 2.27. The van der Waals surface area contributed by atoms with Crippen molar-refractivity contribution in [2.45, 2.75) is 19.4 Å². The molecule has 0 saturated carbocycles. The van der Waals surface area contributed by atoms with Crippen molar-refractivity contribution < 1.29 is 4.74 Å². The summed E-state index contributed by atoms with van der Waals surface area (Å²) in [4.78, 5) is 2.79. The monoisotopic (exact) mass is 299 g/mol. The maximum atomic E-state index is 8.44. The predicted octanol–water partition coefficient (Wildman–Crippen LogP) is 4.93. The number of azide groups is 1. The van der Waals surface area contributed by atoms with Crippen molar-refractivity contribution in [1.82, 2.24) is 0 Å². The van der Waals surface area contributed by atoms with Crippen molar-refractivity contribution in [3.63, 3.8) is 0 Å². The number of benzene rings is 2. The summed E-state index contributed by atoms with van der Waals surface area (Å²) in [5, 5.41) is 4.28. The zero-order valence-corrected chi connectivity index (χ0v) is 12.3. The molecule has 21 heavy (non-hydrogen) atoms. The minimum atomic E-state index is -0.114. The number of hydrogen-bond donors (Lipinski definition) is 0. The van der Waals surface area contributed by atoms with E-state index in [1.807, 2.05) is 30.3 Å². The van der Waals surface area contributed by atoms with Gasteiger partial charge in [-0.3, -0.25) is 0 Å². The van der Waals surface area contributed by atoms with E-state index >= 15 is 0 Å². The lowest BCUT2D eigenvalue weighted by Gasteiger charge is -2.14. The van der Waals surface area contributed by atoms with Crippen LogP contribution >= 0.6 is 11.6 Å². The Bertz CT molecular complexity index is 738. The third-order valence-electron chi connectivity index (χ3n) is 3.68. The van der Waals surface area contributed by atoms with E-state index in [1.54, 1.807) is 0 Å². The van der Waals surface area contributed by atoms with Gasteiger partial charge in [0.05, 0.1) is 11.6 Å². The Morgan fingerprint density at radius 2 is 2.14 bits per heavy atom. The van der Waals surface area contributed by atoms with Crippen molar-refractivity contribution in [2.24, 2.45) is 5.11 Å². The van der Waals surface area contributed by atoms with Crippen LogP contribution in [0.5, 0.6) is 5.75 Å². The Hall–Kier alpha value is -2.16. The standard InChI is InChI=1S/C16H14ClN3O/c1-10-4-2-3-5-13(10)15-14(17)7-6-11-8-12(9-19-20-18)21-16(11)15/h2-7,12H,8-9H2,1H3. The van der Waals surface area contributed by atoms with Crippen LogP contribution in [0.4, 0.5) is 0 Å². The van der Waals surface area contributed by atoms with Crippen LogP contribution in [0.3, 0.4) is 0 Å². The Kier molecular flexibility index (Phi) is 3.74. The van der Waals surface area contributed by atoms with Gasteiger partial charge in [0, 0.05) is 16.9 Å². The van der Waals surface area contributed by atoms with Gasteiger partial charge in [-0.1, -0.05) is 47.0 Å². The molecule has 0 fully saturated rings. The van der Waals surface area contributed by atoms with E-state index in [0.29, 0.717) is 11.6 Å². The molecule has 106 valence electrons. The van der Waals surface area contributed by atoms with Crippen molar-refractivity contribution in [2.75, 3.05) is 6.54 Å². The molecule has 0 spiro atoms. The Balaban J connectivity index is 2.07. The molecule has 0 radical (unpaired) electrons. The summed E-state index contributed by atoms with van der Waals surface area (Å²) in [5.74, 6) is 0.815. The second-order valence-corrected chi connectivity index (χ2v) is 5.49. The Labute approximate surface area is 127 Å². The average molecular weight is 300 g/mol. The lowest BCUT2D eigenvalue weighted by atomic mass is 9.97. The van der Waals surface area contributed by atoms with E-state index in [9.17, 15) is 0 Å². The first-order valence-electron chi connectivity index (χ1n) is 6.75. The summed E-state index contributed by atoms with van der Waals surface area (Å²) in [6.45, 7) is 2.38. The van der Waals surface area contributed by atoms with E-state index in [2.05, 4.69) is 23.0 Å². The summed E-state index contributed by atoms with van der Waals surface area (Å²) < 4.78 is 5.98. The summed E-state index contributed by atoms with van der Waals surface area (Å²) in [7, 11) is 0. The van der Waals surface area contributed by atoms with Gasteiger partial charge in [0.15, 0.2) is 0 Å². The predicted molar refractivity (Wildman–Crippen MR) is 83.8 cm³/mol. The van der Waals surface area contributed by atoms with Gasteiger partial charge in [-0.2, -0.15) is 0 Å². The average Bonchev–Trinajstić information content (AvgIpc) is 2.89. The van der Waals surface area contributed by atoms with Gasteiger partial charge >= 0.3 is 0 Å². The second-order valence-electron chi connectivity index (χ2n) is 5.08. The van der Waals surface area contributed by atoms with E-state index in [1.165, 1.54) is 0 Å². The molecule has 1 atom stereocenters. The zero-order valence-electron chi connectivity index (χ0n) is 11.6. The van der Waals surface area contributed by atoms with Gasteiger partial charge in [-0.25, -0.2) is 0 Å². The molecular formula is C16H14ClN3O. The third-order valence-corrected chi connectivity index (χ3v) is 4.00. The van der Waals surface area contributed by atoms with Gasteiger partial charge in [0.2, 0.25) is 0 Å². The molecule has 1 aliphatic rings. The summed E-state index contributed by atoms with van der Waals surface area (Å²) in [6, 6.07) is 12.0. The van der Waals surface area contributed by atoms with E-state index in [4.69, 9.17) is 21.9 Å². The Morgan fingerprint density at radius 3 is 2.90 bits per heavy atom. The first-order chi connectivity index (χ1) is 10.2. The maximum Gasteiger partial charge on any atom is 0.132 e. The molecule has 1 unspecified atom stereocenters. The number of rotatable bonds is 3. The van der Waals surface area contributed by atoms with Crippen LogP contribution in [0.25, 0.3) is 21.6 Å². The van der Waals surface area contributed by atoms with Crippen LogP contribution in [-0.4, -0.2) is 12.6 Å². The molecule has 1 aliphatic heterocycles. The molecule has 5 heteroatoms. The van der Waals surface area contributed by atoms with Gasteiger partial charge in [-0.05, 0) is 35.2 Å². The maximum absolute atomic E-state index is 8.44. The van der Waals surface area contributed by atoms with Gasteiger partial charge < -0.3 is 4.74 Å². The highest BCUT2D eigenvalue weighted by molar-refractivity contribution is 6.33. The molecule has 3 rings (SSSR count). The molecule has 2 aromatic rings. The van der Waals surface area contributed by atoms with Crippen LogP contribution in [0, 0.1) is 6.92 Å². The highest BCUT2D eigenvalue weighted by Crippen LogP contribution is 2.44. The van der Waals surface area contributed by atoms with Crippen LogP contribution in [0.2, 0.25) is 5.02 Å². The first-order valence-corrected chi connectivity index (χ1v) is 7.13. The van der Waals surface area contributed by atoms with Crippen LogP contribution in [-0.2, 0) is 6.42 Å². The van der Waals surface area contributed by atoms with Crippen molar-refractivity contribution in [3.05, 3.63) is 63.0 Å². The summed E-state index contributed by atoms with van der Waals surface area (Å²) >= 11 is 6.40. The van der Waals surface area contributed by atoms with Crippen LogP contribution in [0.15, 0.2) is 41.5 Å². The van der Waals surface area contributed by atoms with Crippen molar-refractivity contribution >= 4 is 11.6 Å². The summed E-state index contributed by atoms with van der Waals surface area (Å²) in [6.07, 6.45) is 0.627. The molecule has 0 N–H and O–H groups in total.